The smallest absolute Gasteiger partial charge is 0.255 e. The number of allylic oxidation sites excluding steroid dienone is 1. The Morgan fingerprint density at radius 2 is 1.74 bits per heavy atom. The quantitative estimate of drug-likeness (QED) is 0.238. The maximum Gasteiger partial charge on any atom is 0.255 e. The predicted molar refractivity (Wildman–Crippen MR) is 160 cm³/mol. The monoisotopic (exact) mass is 537 g/mol. The molecule has 1 atom stereocenters. The maximum absolute atomic E-state index is 13.8. The topological polar surface area (TPSA) is 71.8 Å². The standard InChI is InChI=1S/C32H35N5OS/c1-19(2)24-13-15-25(16-14-24)29-28(30(38)34-27-10-8-7-9-22(27)5)23(6)33-31-35-32(36-37(29)31)39-18-26-17-20(3)11-12-21(26)4/h7-17,19,29H,18H2,1-6H3,(H,34,38)(H,33,35,36)/t29-/m0/s1. The van der Waals surface area contributed by atoms with E-state index in [4.69, 9.17) is 10.1 Å². The Bertz CT molecular complexity index is 1550. The average molecular weight is 538 g/mol. The molecule has 0 aliphatic carbocycles. The third-order valence-electron chi connectivity index (χ3n) is 7.25. The van der Waals surface area contributed by atoms with Gasteiger partial charge in [0.05, 0.1) is 5.57 Å². The number of thioether (sulfide) groups is 1. The molecular formula is C32H35N5OS. The lowest BCUT2D eigenvalue weighted by atomic mass is 9.92. The zero-order valence-electron chi connectivity index (χ0n) is 23.4. The highest BCUT2D eigenvalue weighted by Crippen LogP contribution is 2.37. The first-order chi connectivity index (χ1) is 18.7. The van der Waals surface area contributed by atoms with Crippen LogP contribution < -0.4 is 10.6 Å². The summed E-state index contributed by atoms with van der Waals surface area (Å²) in [4.78, 5) is 18.6. The molecule has 0 saturated carbocycles. The van der Waals surface area contributed by atoms with Gasteiger partial charge in [-0.3, -0.25) is 4.79 Å². The number of aromatic nitrogens is 3. The lowest BCUT2D eigenvalue weighted by molar-refractivity contribution is -0.113. The molecule has 4 aromatic rings. The molecule has 6 nitrogen and oxygen atoms in total. The molecule has 0 bridgehead atoms. The fourth-order valence-electron chi connectivity index (χ4n) is 4.86. The summed E-state index contributed by atoms with van der Waals surface area (Å²) in [6.45, 7) is 12.5. The molecule has 1 aliphatic rings. The van der Waals surface area contributed by atoms with Crippen molar-refractivity contribution in [3.63, 3.8) is 0 Å². The number of aryl methyl sites for hydroxylation is 3. The lowest BCUT2D eigenvalue weighted by Crippen LogP contribution is -2.31. The van der Waals surface area contributed by atoms with Gasteiger partial charge < -0.3 is 10.6 Å². The van der Waals surface area contributed by atoms with Crippen LogP contribution in [0.5, 0.6) is 0 Å². The average Bonchev–Trinajstić information content (AvgIpc) is 3.32. The van der Waals surface area contributed by atoms with Crippen molar-refractivity contribution in [1.82, 2.24) is 14.8 Å². The van der Waals surface area contributed by atoms with Crippen LogP contribution in [0.3, 0.4) is 0 Å². The summed E-state index contributed by atoms with van der Waals surface area (Å²) in [5, 5.41) is 12.1. The predicted octanol–water partition coefficient (Wildman–Crippen LogP) is 7.55. The van der Waals surface area contributed by atoms with Crippen molar-refractivity contribution >= 4 is 29.3 Å². The summed E-state index contributed by atoms with van der Waals surface area (Å²) in [5.74, 6) is 1.68. The summed E-state index contributed by atoms with van der Waals surface area (Å²) >= 11 is 1.61. The van der Waals surface area contributed by atoms with Crippen LogP contribution in [-0.2, 0) is 10.5 Å². The minimum absolute atomic E-state index is 0.155. The van der Waals surface area contributed by atoms with Crippen molar-refractivity contribution < 1.29 is 4.79 Å². The van der Waals surface area contributed by atoms with Crippen molar-refractivity contribution in [3.05, 3.63) is 111 Å². The molecule has 0 unspecified atom stereocenters. The van der Waals surface area contributed by atoms with Gasteiger partial charge in [-0.25, -0.2) is 4.68 Å². The van der Waals surface area contributed by atoms with E-state index in [9.17, 15) is 4.79 Å². The van der Waals surface area contributed by atoms with Crippen molar-refractivity contribution in [3.8, 4) is 0 Å². The Morgan fingerprint density at radius 3 is 2.46 bits per heavy atom. The van der Waals surface area contributed by atoms with E-state index < -0.39 is 6.04 Å². The van der Waals surface area contributed by atoms with Crippen LogP contribution in [0.4, 0.5) is 11.6 Å². The molecule has 2 N–H and O–H groups in total. The molecule has 1 aliphatic heterocycles. The third kappa shape index (κ3) is 5.64. The molecule has 5 rings (SSSR count). The van der Waals surface area contributed by atoms with Crippen LogP contribution >= 0.6 is 11.8 Å². The van der Waals surface area contributed by atoms with E-state index in [1.165, 1.54) is 22.3 Å². The molecule has 39 heavy (non-hydrogen) atoms. The Morgan fingerprint density at radius 1 is 1.00 bits per heavy atom. The van der Waals surface area contributed by atoms with Crippen LogP contribution in [0.15, 0.2) is 83.2 Å². The highest BCUT2D eigenvalue weighted by molar-refractivity contribution is 7.98. The molecule has 0 spiro atoms. The fraction of sp³-hybridized carbons (Fsp3) is 0.281. The van der Waals surface area contributed by atoms with Crippen LogP contribution in [0.25, 0.3) is 0 Å². The first kappa shape index (κ1) is 26.8. The molecule has 0 fully saturated rings. The minimum atomic E-state index is -0.408. The van der Waals surface area contributed by atoms with Crippen LogP contribution in [0, 0.1) is 20.8 Å². The number of carbonyl (C=O) groups excluding carboxylic acids is 1. The number of hydrogen-bond donors (Lipinski definition) is 2. The number of para-hydroxylation sites is 1. The van der Waals surface area contributed by atoms with Gasteiger partial charge in [-0.2, -0.15) is 4.98 Å². The fourth-order valence-corrected chi connectivity index (χ4v) is 5.75. The lowest BCUT2D eigenvalue weighted by Gasteiger charge is -2.29. The molecule has 0 radical (unpaired) electrons. The van der Waals surface area contributed by atoms with Crippen LogP contribution in [0.2, 0.25) is 0 Å². The Kier molecular flexibility index (Phi) is 7.62. The van der Waals surface area contributed by atoms with Gasteiger partial charge >= 0.3 is 0 Å². The highest BCUT2D eigenvalue weighted by atomic mass is 32.2. The summed E-state index contributed by atoms with van der Waals surface area (Å²) in [5.41, 5.74) is 9.21. The van der Waals surface area contributed by atoms with E-state index in [1.807, 2.05) is 42.8 Å². The first-order valence-corrected chi connectivity index (χ1v) is 14.3. The number of rotatable bonds is 7. The van der Waals surface area contributed by atoms with Gasteiger partial charge in [-0.15, -0.1) is 5.10 Å². The Hall–Kier alpha value is -3.84. The van der Waals surface area contributed by atoms with Gasteiger partial charge in [-0.05, 0) is 67.5 Å². The van der Waals surface area contributed by atoms with E-state index in [0.29, 0.717) is 22.6 Å². The van der Waals surface area contributed by atoms with Gasteiger partial charge in [0.1, 0.15) is 6.04 Å². The van der Waals surface area contributed by atoms with E-state index in [0.717, 1.165) is 28.3 Å². The summed E-state index contributed by atoms with van der Waals surface area (Å²) < 4.78 is 1.86. The number of nitrogens with one attached hydrogen (secondary N) is 2. The van der Waals surface area contributed by atoms with E-state index >= 15 is 0 Å². The van der Waals surface area contributed by atoms with Gasteiger partial charge in [-0.1, -0.05) is 91.8 Å². The second-order valence-corrected chi connectivity index (χ2v) is 11.5. The largest absolute Gasteiger partial charge is 0.328 e. The second kappa shape index (κ2) is 11.1. The van der Waals surface area contributed by atoms with Crippen molar-refractivity contribution in [1.29, 1.82) is 0 Å². The van der Waals surface area contributed by atoms with Gasteiger partial charge in [0, 0.05) is 17.1 Å². The summed E-state index contributed by atoms with van der Waals surface area (Å²) in [6.07, 6.45) is 0. The number of benzene rings is 3. The highest BCUT2D eigenvalue weighted by Gasteiger charge is 2.34. The molecule has 0 saturated heterocycles. The van der Waals surface area contributed by atoms with Crippen molar-refractivity contribution in [2.75, 3.05) is 10.6 Å². The van der Waals surface area contributed by atoms with Crippen molar-refractivity contribution in [2.24, 2.45) is 0 Å². The summed E-state index contributed by atoms with van der Waals surface area (Å²) in [6, 6.07) is 22.4. The number of fused-ring (bicyclic) bond motifs is 1. The molecule has 200 valence electrons. The van der Waals surface area contributed by atoms with Gasteiger partial charge in [0.2, 0.25) is 11.1 Å². The minimum Gasteiger partial charge on any atom is -0.328 e. The normalized spacial score (nSPS) is 14.8. The number of amides is 1. The number of carbonyl (C=O) groups is 1. The van der Waals surface area contributed by atoms with Gasteiger partial charge in [0.15, 0.2) is 0 Å². The zero-order valence-corrected chi connectivity index (χ0v) is 24.2. The van der Waals surface area contributed by atoms with Crippen molar-refractivity contribution in [2.45, 2.75) is 64.4 Å². The van der Waals surface area contributed by atoms with Crippen LogP contribution in [0.1, 0.15) is 66.1 Å². The SMILES string of the molecule is CC1=C(C(=O)Nc2ccccc2C)[C@H](c2ccc(C(C)C)cc2)n2nc(SCc3cc(C)ccc3C)nc2N1. The van der Waals surface area contributed by atoms with Crippen LogP contribution in [-0.4, -0.2) is 20.7 Å². The third-order valence-corrected chi connectivity index (χ3v) is 8.14. The summed E-state index contributed by atoms with van der Waals surface area (Å²) in [7, 11) is 0. The first-order valence-electron chi connectivity index (χ1n) is 13.3. The van der Waals surface area contributed by atoms with E-state index in [2.05, 4.69) is 80.8 Å². The van der Waals surface area contributed by atoms with E-state index in [-0.39, 0.29) is 5.91 Å². The zero-order chi connectivity index (χ0) is 27.7. The Labute approximate surface area is 234 Å². The van der Waals surface area contributed by atoms with Gasteiger partial charge in [0.25, 0.3) is 5.91 Å². The second-order valence-electron chi connectivity index (χ2n) is 10.5. The molecule has 7 heteroatoms. The molecule has 3 aromatic carbocycles. The molecule has 1 amide bonds. The van der Waals surface area contributed by atoms with E-state index in [1.54, 1.807) is 11.8 Å². The Balaban J connectivity index is 1.51. The maximum atomic E-state index is 13.8. The number of anilines is 2. The molecule has 1 aromatic heterocycles. The number of nitrogens with zero attached hydrogens (tertiary/aromatic N) is 3. The number of hydrogen-bond acceptors (Lipinski definition) is 5. The molecule has 2 heterocycles. The molecular weight excluding hydrogens is 502 g/mol.